The number of rotatable bonds is 5. The van der Waals surface area contributed by atoms with Crippen LogP contribution in [-0.2, 0) is 11.3 Å². The van der Waals surface area contributed by atoms with Gasteiger partial charge in [0.15, 0.2) is 0 Å². The molecule has 0 spiro atoms. The van der Waals surface area contributed by atoms with E-state index in [2.05, 4.69) is 10.3 Å². The molecule has 0 saturated carbocycles. The molecule has 6 heteroatoms. The molecule has 1 aromatic carbocycles. The van der Waals surface area contributed by atoms with E-state index in [1.807, 2.05) is 57.3 Å². The van der Waals surface area contributed by atoms with Gasteiger partial charge < -0.3 is 5.32 Å². The molecule has 0 aliphatic heterocycles. The van der Waals surface area contributed by atoms with Crippen LogP contribution in [0.1, 0.15) is 26.3 Å². The molecule has 0 aliphatic rings. The van der Waals surface area contributed by atoms with Gasteiger partial charge in [0.2, 0.25) is 5.91 Å². The second kappa shape index (κ2) is 7.41. The highest BCUT2D eigenvalue weighted by Gasteiger charge is 2.16. The Bertz CT molecular complexity index is 986. The average Bonchev–Trinajstić information content (AvgIpc) is 3.02. The third kappa shape index (κ3) is 3.70. The van der Waals surface area contributed by atoms with E-state index in [-0.39, 0.29) is 24.1 Å². The lowest BCUT2D eigenvalue weighted by Gasteiger charge is -2.17. The van der Waals surface area contributed by atoms with Crippen molar-refractivity contribution in [2.24, 2.45) is 5.92 Å². The van der Waals surface area contributed by atoms with E-state index in [4.69, 9.17) is 0 Å². The fraction of sp³-hybridized carbons (Fsp3) is 0.350. The van der Waals surface area contributed by atoms with E-state index in [0.717, 1.165) is 11.1 Å². The predicted molar refractivity (Wildman–Crippen MR) is 106 cm³/mol. The summed E-state index contributed by atoms with van der Waals surface area (Å²) in [6.45, 7) is 8.05. The highest BCUT2D eigenvalue weighted by atomic mass is 32.1. The Kier molecular flexibility index (Phi) is 5.23. The summed E-state index contributed by atoms with van der Waals surface area (Å²) in [4.78, 5) is 30.3. The maximum Gasteiger partial charge on any atom is 0.263 e. The Hall–Kier alpha value is -2.47. The summed E-state index contributed by atoms with van der Waals surface area (Å²) in [7, 11) is 0. The van der Waals surface area contributed by atoms with Gasteiger partial charge in [0.05, 0.1) is 11.7 Å². The van der Waals surface area contributed by atoms with Gasteiger partial charge in [-0.05, 0) is 25.3 Å². The first kappa shape index (κ1) is 18.3. The van der Waals surface area contributed by atoms with Crippen molar-refractivity contribution in [3.63, 3.8) is 0 Å². The first-order valence-corrected chi connectivity index (χ1v) is 9.58. The number of aryl methyl sites for hydroxylation is 1. The predicted octanol–water partition coefficient (Wildman–Crippen LogP) is 3.59. The Morgan fingerprint density at radius 1 is 1.23 bits per heavy atom. The van der Waals surface area contributed by atoms with E-state index in [1.165, 1.54) is 27.8 Å². The Balaban J connectivity index is 1.95. The summed E-state index contributed by atoms with van der Waals surface area (Å²) in [5.74, 6) is 0.155. The third-order valence-corrected chi connectivity index (χ3v) is 5.51. The van der Waals surface area contributed by atoms with Crippen molar-refractivity contribution >= 4 is 27.5 Å². The normalized spacial score (nSPS) is 12.5. The fourth-order valence-electron chi connectivity index (χ4n) is 2.65. The highest BCUT2D eigenvalue weighted by molar-refractivity contribution is 7.17. The van der Waals surface area contributed by atoms with Gasteiger partial charge >= 0.3 is 0 Å². The van der Waals surface area contributed by atoms with Crippen LogP contribution >= 0.6 is 11.3 Å². The number of carbonyl (C=O) groups is 1. The van der Waals surface area contributed by atoms with Crippen LogP contribution in [0.4, 0.5) is 0 Å². The van der Waals surface area contributed by atoms with Gasteiger partial charge in [-0.2, -0.15) is 0 Å². The summed E-state index contributed by atoms with van der Waals surface area (Å²) in [5, 5.41) is 5.45. The maximum atomic E-state index is 13.0. The summed E-state index contributed by atoms with van der Waals surface area (Å²) < 4.78 is 1.38. The molecule has 0 aliphatic carbocycles. The van der Waals surface area contributed by atoms with Crippen molar-refractivity contribution < 1.29 is 4.79 Å². The largest absolute Gasteiger partial charge is 0.352 e. The van der Waals surface area contributed by atoms with Crippen LogP contribution in [0.2, 0.25) is 0 Å². The average molecular weight is 369 g/mol. The number of benzene rings is 1. The van der Waals surface area contributed by atoms with Crippen molar-refractivity contribution in [2.75, 3.05) is 0 Å². The van der Waals surface area contributed by atoms with E-state index < -0.39 is 0 Å². The zero-order chi connectivity index (χ0) is 18.8. The Labute approximate surface area is 156 Å². The molecule has 1 N–H and O–H groups in total. The quantitative estimate of drug-likeness (QED) is 0.747. The number of hydrogen-bond donors (Lipinski definition) is 1. The van der Waals surface area contributed by atoms with Gasteiger partial charge in [0, 0.05) is 17.0 Å². The van der Waals surface area contributed by atoms with E-state index >= 15 is 0 Å². The molecular weight excluding hydrogens is 346 g/mol. The van der Waals surface area contributed by atoms with E-state index in [1.54, 1.807) is 0 Å². The molecule has 0 radical (unpaired) electrons. The second-order valence-electron chi connectivity index (χ2n) is 6.97. The molecule has 26 heavy (non-hydrogen) atoms. The van der Waals surface area contributed by atoms with Crippen LogP contribution in [0, 0.1) is 12.8 Å². The number of amides is 1. The third-order valence-electron chi connectivity index (χ3n) is 4.63. The van der Waals surface area contributed by atoms with Gasteiger partial charge in [-0.1, -0.05) is 43.7 Å². The minimum atomic E-state index is -0.181. The molecule has 1 amide bonds. The fourth-order valence-corrected chi connectivity index (χ4v) is 3.55. The van der Waals surface area contributed by atoms with Crippen LogP contribution in [0.15, 0.2) is 40.8 Å². The van der Waals surface area contributed by atoms with Gasteiger partial charge in [-0.25, -0.2) is 4.98 Å². The van der Waals surface area contributed by atoms with Crippen LogP contribution in [0.3, 0.4) is 0 Å². The van der Waals surface area contributed by atoms with Gasteiger partial charge in [-0.15, -0.1) is 11.3 Å². The lowest BCUT2D eigenvalue weighted by molar-refractivity contribution is -0.122. The maximum absolute atomic E-state index is 13.0. The Morgan fingerprint density at radius 2 is 1.92 bits per heavy atom. The zero-order valence-corrected chi connectivity index (χ0v) is 16.3. The number of fused-ring (bicyclic) bond motifs is 1. The van der Waals surface area contributed by atoms with E-state index in [9.17, 15) is 9.59 Å². The SMILES string of the molecule is Cc1ccc(-c2csc3ncn(CC(=O)N[C@H](C)C(C)C)c(=O)c23)cc1. The molecule has 3 aromatic rings. The summed E-state index contributed by atoms with van der Waals surface area (Å²) in [6.07, 6.45) is 1.46. The molecule has 0 fully saturated rings. The molecular formula is C20H23N3O2S. The summed E-state index contributed by atoms with van der Waals surface area (Å²) >= 11 is 1.44. The summed E-state index contributed by atoms with van der Waals surface area (Å²) in [5.41, 5.74) is 2.84. The van der Waals surface area contributed by atoms with Crippen molar-refractivity contribution in [3.8, 4) is 11.1 Å². The van der Waals surface area contributed by atoms with Crippen LogP contribution < -0.4 is 10.9 Å². The van der Waals surface area contributed by atoms with Crippen molar-refractivity contribution in [1.29, 1.82) is 0 Å². The molecule has 1 atom stereocenters. The number of hydrogen-bond acceptors (Lipinski definition) is 4. The van der Waals surface area contributed by atoms with Crippen LogP contribution in [0.5, 0.6) is 0 Å². The number of carbonyl (C=O) groups excluding carboxylic acids is 1. The van der Waals surface area contributed by atoms with Gasteiger partial charge in [0.1, 0.15) is 11.4 Å². The lowest BCUT2D eigenvalue weighted by atomic mass is 10.1. The molecule has 0 saturated heterocycles. The number of nitrogens with zero attached hydrogens (tertiary/aromatic N) is 2. The molecule has 0 unspecified atom stereocenters. The standard InChI is InChI=1S/C20H23N3O2S/c1-12(2)14(4)22-17(24)9-23-11-21-19-18(20(23)25)16(10-26-19)15-7-5-13(3)6-8-15/h5-8,10-12,14H,9H2,1-4H3,(H,22,24)/t14-/m1/s1. The van der Waals surface area contributed by atoms with E-state index in [0.29, 0.717) is 16.1 Å². The smallest absolute Gasteiger partial charge is 0.263 e. The lowest BCUT2D eigenvalue weighted by Crippen LogP contribution is -2.39. The minimum Gasteiger partial charge on any atom is -0.352 e. The molecule has 136 valence electrons. The van der Waals surface area contributed by atoms with Crippen LogP contribution in [0.25, 0.3) is 21.3 Å². The first-order chi connectivity index (χ1) is 12.4. The Morgan fingerprint density at radius 3 is 2.58 bits per heavy atom. The molecule has 5 nitrogen and oxygen atoms in total. The first-order valence-electron chi connectivity index (χ1n) is 8.70. The molecule has 2 heterocycles. The number of aromatic nitrogens is 2. The van der Waals surface area contributed by atoms with Gasteiger partial charge in [-0.3, -0.25) is 14.2 Å². The monoisotopic (exact) mass is 369 g/mol. The van der Waals surface area contributed by atoms with Crippen molar-refractivity contribution in [1.82, 2.24) is 14.9 Å². The molecule has 3 rings (SSSR count). The summed E-state index contributed by atoms with van der Waals surface area (Å²) in [6, 6.07) is 8.11. The highest BCUT2D eigenvalue weighted by Crippen LogP contribution is 2.30. The molecule has 0 bridgehead atoms. The van der Waals surface area contributed by atoms with Crippen molar-refractivity contribution in [2.45, 2.75) is 40.3 Å². The number of nitrogens with one attached hydrogen (secondary N) is 1. The topological polar surface area (TPSA) is 64.0 Å². The molecule has 2 aromatic heterocycles. The minimum absolute atomic E-state index is 0.0258. The van der Waals surface area contributed by atoms with Crippen molar-refractivity contribution in [3.05, 3.63) is 51.9 Å². The van der Waals surface area contributed by atoms with Gasteiger partial charge in [0.25, 0.3) is 5.56 Å². The second-order valence-corrected chi connectivity index (χ2v) is 7.83. The van der Waals surface area contributed by atoms with Crippen LogP contribution in [-0.4, -0.2) is 21.5 Å². The number of thiophene rings is 1. The zero-order valence-electron chi connectivity index (χ0n) is 15.4.